The van der Waals surface area contributed by atoms with E-state index in [0.29, 0.717) is 13.2 Å². The highest BCUT2D eigenvalue weighted by atomic mass is 32.1. The van der Waals surface area contributed by atoms with Gasteiger partial charge in [-0.2, -0.15) is 4.99 Å². The van der Waals surface area contributed by atoms with Gasteiger partial charge in [-0.05, 0) is 29.2 Å². The molecule has 1 saturated heterocycles. The van der Waals surface area contributed by atoms with Crippen LogP contribution < -0.4 is 4.80 Å². The molecule has 1 unspecified atom stereocenters. The van der Waals surface area contributed by atoms with Crippen LogP contribution in [0.25, 0.3) is 10.8 Å². The maximum Gasteiger partial charge on any atom is 0.277 e. The van der Waals surface area contributed by atoms with Crippen molar-refractivity contribution in [1.82, 2.24) is 4.57 Å². The van der Waals surface area contributed by atoms with E-state index in [4.69, 9.17) is 4.74 Å². The average molecular weight is 338 g/mol. The van der Waals surface area contributed by atoms with Crippen LogP contribution in [0.2, 0.25) is 0 Å². The van der Waals surface area contributed by atoms with Crippen LogP contribution in [0, 0.1) is 0 Å². The predicted molar refractivity (Wildman–Crippen MR) is 94.9 cm³/mol. The van der Waals surface area contributed by atoms with E-state index in [0.717, 1.165) is 17.6 Å². The van der Waals surface area contributed by atoms with Crippen molar-refractivity contribution < 1.29 is 9.53 Å². The van der Waals surface area contributed by atoms with Gasteiger partial charge in [0.05, 0.1) is 6.54 Å². The molecule has 1 atom stereocenters. The normalized spacial score (nSPS) is 18.3. The predicted octanol–water partition coefficient (Wildman–Crippen LogP) is 3.36. The number of nitrogens with zero attached hydrogens (tertiary/aromatic N) is 2. The van der Waals surface area contributed by atoms with E-state index in [1.165, 1.54) is 27.7 Å². The maximum absolute atomic E-state index is 12.2. The standard InChI is InChI=1S/C19H18N2O2S/c22-18(17-9-4-11-23-17)20-19-21(10-12-24-19)13-15-7-3-6-14-5-1-2-8-16(14)15/h1-3,5-8,10,12,17H,4,9,11,13H2. The number of rotatable bonds is 3. The Hall–Kier alpha value is -2.24. The summed E-state index contributed by atoms with van der Waals surface area (Å²) in [5.41, 5.74) is 1.22. The minimum absolute atomic E-state index is 0.165. The second kappa shape index (κ2) is 6.71. The number of carbonyl (C=O) groups excluding carboxylic acids is 1. The van der Waals surface area contributed by atoms with Crippen molar-refractivity contribution in [2.45, 2.75) is 25.5 Å². The smallest absolute Gasteiger partial charge is 0.277 e. The first-order valence-electron chi connectivity index (χ1n) is 8.12. The SMILES string of the molecule is O=C(N=c1sccn1Cc1cccc2ccccc12)C1CCCO1. The monoisotopic (exact) mass is 338 g/mol. The fourth-order valence-electron chi connectivity index (χ4n) is 3.06. The third-order valence-electron chi connectivity index (χ3n) is 4.29. The van der Waals surface area contributed by atoms with Crippen LogP contribution in [-0.4, -0.2) is 23.2 Å². The van der Waals surface area contributed by atoms with Crippen LogP contribution in [0.15, 0.2) is 59.0 Å². The van der Waals surface area contributed by atoms with Crippen molar-refractivity contribution in [2.24, 2.45) is 4.99 Å². The van der Waals surface area contributed by atoms with Gasteiger partial charge in [-0.1, -0.05) is 42.5 Å². The van der Waals surface area contributed by atoms with Gasteiger partial charge in [0.25, 0.3) is 5.91 Å². The summed E-state index contributed by atoms with van der Waals surface area (Å²) in [4.78, 5) is 17.3. The molecule has 0 saturated carbocycles. The molecule has 1 aromatic heterocycles. The van der Waals surface area contributed by atoms with Crippen molar-refractivity contribution in [2.75, 3.05) is 6.61 Å². The second-order valence-corrected chi connectivity index (χ2v) is 6.78. The molecule has 0 aliphatic carbocycles. The minimum atomic E-state index is -0.363. The van der Waals surface area contributed by atoms with Gasteiger partial charge in [0.1, 0.15) is 6.10 Å². The highest BCUT2D eigenvalue weighted by molar-refractivity contribution is 7.07. The summed E-state index contributed by atoms with van der Waals surface area (Å²) in [6.45, 7) is 1.36. The minimum Gasteiger partial charge on any atom is -0.368 e. The van der Waals surface area contributed by atoms with Crippen molar-refractivity contribution in [1.29, 1.82) is 0 Å². The lowest BCUT2D eigenvalue weighted by atomic mass is 10.0. The highest BCUT2D eigenvalue weighted by Crippen LogP contribution is 2.19. The van der Waals surface area contributed by atoms with E-state index >= 15 is 0 Å². The van der Waals surface area contributed by atoms with Gasteiger partial charge in [-0.25, -0.2) is 0 Å². The first-order chi connectivity index (χ1) is 11.8. The number of ether oxygens (including phenoxy) is 1. The number of thiazole rings is 1. The number of hydrogen-bond acceptors (Lipinski definition) is 3. The molecule has 4 rings (SSSR count). The lowest BCUT2D eigenvalue weighted by Crippen LogP contribution is -2.23. The van der Waals surface area contributed by atoms with Gasteiger partial charge in [-0.3, -0.25) is 4.79 Å². The van der Waals surface area contributed by atoms with Gasteiger partial charge in [0.15, 0.2) is 4.80 Å². The highest BCUT2D eigenvalue weighted by Gasteiger charge is 2.23. The van der Waals surface area contributed by atoms with Gasteiger partial charge >= 0.3 is 0 Å². The molecule has 1 aliphatic rings. The van der Waals surface area contributed by atoms with Crippen LogP contribution in [0.1, 0.15) is 18.4 Å². The Morgan fingerprint density at radius 2 is 2.12 bits per heavy atom. The number of fused-ring (bicyclic) bond motifs is 1. The van der Waals surface area contributed by atoms with Crippen molar-refractivity contribution >= 4 is 28.0 Å². The zero-order valence-electron chi connectivity index (χ0n) is 13.2. The summed E-state index contributed by atoms with van der Waals surface area (Å²) >= 11 is 1.48. The Kier molecular flexibility index (Phi) is 4.28. The lowest BCUT2D eigenvalue weighted by Gasteiger charge is -2.08. The first-order valence-corrected chi connectivity index (χ1v) is 9.00. The third kappa shape index (κ3) is 3.05. The second-order valence-electron chi connectivity index (χ2n) is 5.90. The molecule has 0 bridgehead atoms. The number of benzene rings is 2. The fourth-order valence-corrected chi connectivity index (χ4v) is 3.79. The van der Waals surface area contributed by atoms with E-state index in [9.17, 15) is 4.79 Å². The lowest BCUT2D eigenvalue weighted by molar-refractivity contribution is -0.126. The average Bonchev–Trinajstić information content (AvgIpc) is 3.28. The van der Waals surface area contributed by atoms with Crippen LogP contribution in [-0.2, 0) is 16.1 Å². The van der Waals surface area contributed by atoms with E-state index in [-0.39, 0.29) is 12.0 Å². The molecule has 1 fully saturated rings. The van der Waals surface area contributed by atoms with Gasteiger partial charge in [0.2, 0.25) is 0 Å². The van der Waals surface area contributed by atoms with E-state index in [1.54, 1.807) is 0 Å². The largest absolute Gasteiger partial charge is 0.368 e. The zero-order chi connectivity index (χ0) is 16.4. The van der Waals surface area contributed by atoms with E-state index in [2.05, 4.69) is 41.4 Å². The number of amides is 1. The Morgan fingerprint density at radius 1 is 1.25 bits per heavy atom. The molecule has 1 aliphatic heterocycles. The van der Waals surface area contributed by atoms with Crippen molar-refractivity contribution in [3.05, 3.63) is 64.4 Å². The molecule has 0 N–H and O–H groups in total. The zero-order valence-corrected chi connectivity index (χ0v) is 14.0. The molecule has 2 aromatic carbocycles. The van der Waals surface area contributed by atoms with E-state index < -0.39 is 0 Å². The molecule has 2 heterocycles. The number of carbonyl (C=O) groups is 1. The third-order valence-corrected chi connectivity index (χ3v) is 5.09. The Labute approximate surface area is 144 Å². The quantitative estimate of drug-likeness (QED) is 0.735. The first kappa shape index (κ1) is 15.3. The number of aromatic nitrogens is 1. The van der Waals surface area contributed by atoms with Gasteiger partial charge in [0, 0.05) is 18.2 Å². The fraction of sp³-hybridized carbons (Fsp3) is 0.263. The Bertz CT molecular complexity index is 930. The summed E-state index contributed by atoms with van der Waals surface area (Å²) < 4.78 is 7.46. The molecule has 1 amide bonds. The van der Waals surface area contributed by atoms with Crippen LogP contribution in [0.5, 0.6) is 0 Å². The Balaban J connectivity index is 1.66. The van der Waals surface area contributed by atoms with Crippen LogP contribution in [0.4, 0.5) is 0 Å². The summed E-state index contributed by atoms with van der Waals surface area (Å²) in [7, 11) is 0. The molecule has 5 heteroatoms. The Morgan fingerprint density at radius 3 is 3.00 bits per heavy atom. The molecule has 4 nitrogen and oxygen atoms in total. The summed E-state index contributed by atoms with van der Waals surface area (Å²) in [6.07, 6.45) is 3.33. The molecule has 122 valence electrons. The molecule has 0 radical (unpaired) electrons. The summed E-state index contributed by atoms with van der Waals surface area (Å²) in [5.74, 6) is -0.165. The van der Waals surface area contributed by atoms with Crippen LogP contribution in [0.3, 0.4) is 0 Å². The van der Waals surface area contributed by atoms with Crippen molar-refractivity contribution in [3.63, 3.8) is 0 Å². The topological polar surface area (TPSA) is 43.6 Å². The van der Waals surface area contributed by atoms with Gasteiger partial charge in [-0.15, -0.1) is 11.3 Å². The molecule has 0 spiro atoms. The molecular weight excluding hydrogens is 320 g/mol. The molecule has 24 heavy (non-hydrogen) atoms. The van der Waals surface area contributed by atoms with Crippen LogP contribution >= 0.6 is 11.3 Å². The van der Waals surface area contributed by atoms with Gasteiger partial charge < -0.3 is 9.30 Å². The molecular formula is C19H18N2O2S. The van der Waals surface area contributed by atoms with Crippen molar-refractivity contribution in [3.8, 4) is 0 Å². The maximum atomic E-state index is 12.2. The summed E-state index contributed by atoms with van der Waals surface area (Å²) in [6, 6.07) is 14.7. The number of hydrogen-bond donors (Lipinski definition) is 0. The van der Waals surface area contributed by atoms with E-state index in [1.807, 2.05) is 22.2 Å². The molecule has 3 aromatic rings. The summed E-state index contributed by atoms with van der Waals surface area (Å²) in [5, 5.41) is 4.42.